The van der Waals surface area contributed by atoms with Gasteiger partial charge in [0.25, 0.3) is 0 Å². The van der Waals surface area contributed by atoms with Crippen LogP contribution >= 0.6 is 0 Å². The Morgan fingerprint density at radius 1 is 1.29 bits per heavy atom. The molecule has 0 saturated carbocycles. The molecule has 1 aromatic heterocycles. The molecule has 3 rings (SSSR count). The Balaban J connectivity index is 1.58. The van der Waals surface area contributed by atoms with E-state index in [-0.39, 0.29) is 6.54 Å². The third-order valence-corrected chi connectivity index (χ3v) is 5.04. The summed E-state index contributed by atoms with van der Waals surface area (Å²) in [6.45, 7) is 7.85. The zero-order valence-corrected chi connectivity index (χ0v) is 16.9. The Bertz CT molecular complexity index is 728. The van der Waals surface area contributed by atoms with E-state index < -0.39 is 5.60 Å². The first-order chi connectivity index (χ1) is 13.6. The van der Waals surface area contributed by atoms with Gasteiger partial charge in [0.1, 0.15) is 11.4 Å². The van der Waals surface area contributed by atoms with Crippen molar-refractivity contribution in [2.75, 3.05) is 26.2 Å². The second-order valence-electron chi connectivity index (χ2n) is 7.65. The van der Waals surface area contributed by atoms with E-state index in [2.05, 4.69) is 50.9 Å². The average molecular weight is 385 g/mol. The standard InChI is InChI=1S/C22H32N4O2/c1-3-23-21(24-17-22(2,27)20-12-8-14-28-20)25-19-11-7-13-26(16-19)15-18-9-5-4-6-10-18/h4-6,8-10,12,14,19,27H,3,7,11,13,15-17H2,1-2H3,(H2,23,24,25). The highest BCUT2D eigenvalue weighted by Crippen LogP contribution is 2.21. The molecule has 1 saturated heterocycles. The van der Waals surface area contributed by atoms with Crippen LogP contribution in [0.1, 0.15) is 38.0 Å². The summed E-state index contributed by atoms with van der Waals surface area (Å²) < 4.78 is 5.34. The van der Waals surface area contributed by atoms with Crippen molar-refractivity contribution in [1.29, 1.82) is 0 Å². The Kier molecular flexibility index (Phi) is 7.12. The zero-order chi connectivity index (χ0) is 19.8. The Labute approximate surface area is 167 Å². The topological polar surface area (TPSA) is 73.0 Å². The van der Waals surface area contributed by atoms with Crippen LogP contribution in [0.3, 0.4) is 0 Å². The largest absolute Gasteiger partial charge is 0.466 e. The summed E-state index contributed by atoms with van der Waals surface area (Å²) in [5, 5.41) is 17.5. The van der Waals surface area contributed by atoms with Crippen LogP contribution in [-0.2, 0) is 12.1 Å². The van der Waals surface area contributed by atoms with Gasteiger partial charge in [0.15, 0.2) is 5.96 Å². The minimum atomic E-state index is -1.13. The molecule has 0 spiro atoms. The molecule has 1 aromatic carbocycles. The SMILES string of the molecule is CCNC(=NCC(C)(O)c1ccco1)NC1CCCN(Cc2ccccc2)C1. The third kappa shape index (κ3) is 5.84. The van der Waals surface area contributed by atoms with Gasteiger partial charge in [-0.25, -0.2) is 4.99 Å². The molecule has 2 aromatic rings. The number of hydrogen-bond donors (Lipinski definition) is 3. The second kappa shape index (κ2) is 9.75. The van der Waals surface area contributed by atoms with Gasteiger partial charge in [0, 0.05) is 25.7 Å². The predicted molar refractivity (Wildman–Crippen MR) is 112 cm³/mol. The molecule has 2 heterocycles. The minimum absolute atomic E-state index is 0.232. The smallest absolute Gasteiger partial charge is 0.191 e. The number of guanidine groups is 1. The Morgan fingerprint density at radius 2 is 2.11 bits per heavy atom. The lowest BCUT2D eigenvalue weighted by atomic mass is 10.0. The van der Waals surface area contributed by atoms with Crippen molar-refractivity contribution in [3.05, 3.63) is 60.1 Å². The molecule has 6 heteroatoms. The van der Waals surface area contributed by atoms with Gasteiger partial charge >= 0.3 is 0 Å². The first kappa shape index (κ1) is 20.4. The van der Waals surface area contributed by atoms with E-state index in [1.54, 1.807) is 25.3 Å². The number of piperidine rings is 1. The first-order valence-electron chi connectivity index (χ1n) is 10.1. The fraction of sp³-hybridized carbons (Fsp3) is 0.500. The Hall–Kier alpha value is -2.31. The predicted octanol–water partition coefficient (Wildman–Crippen LogP) is 2.71. The van der Waals surface area contributed by atoms with E-state index in [9.17, 15) is 5.11 Å². The Morgan fingerprint density at radius 3 is 2.82 bits per heavy atom. The van der Waals surface area contributed by atoms with Crippen molar-refractivity contribution in [2.24, 2.45) is 4.99 Å². The van der Waals surface area contributed by atoms with Gasteiger partial charge in [-0.05, 0) is 50.9 Å². The lowest BCUT2D eigenvalue weighted by Crippen LogP contribution is -2.51. The second-order valence-corrected chi connectivity index (χ2v) is 7.65. The van der Waals surface area contributed by atoms with Crippen molar-refractivity contribution >= 4 is 5.96 Å². The maximum absolute atomic E-state index is 10.6. The van der Waals surface area contributed by atoms with Crippen molar-refractivity contribution in [3.8, 4) is 0 Å². The van der Waals surface area contributed by atoms with Crippen LogP contribution in [0.4, 0.5) is 0 Å². The lowest BCUT2D eigenvalue weighted by Gasteiger charge is -2.34. The summed E-state index contributed by atoms with van der Waals surface area (Å²) in [4.78, 5) is 7.10. The van der Waals surface area contributed by atoms with E-state index in [1.807, 2.05) is 6.92 Å². The highest BCUT2D eigenvalue weighted by Gasteiger charge is 2.26. The molecule has 0 amide bonds. The van der Waals surface area contributed by atoms with Gasteiger partial charge in [-0.2, -0.15) is 0 Å². The summed E-state index contributed by atoms with van der Waals surface area (Å²) in [5.41, 5.74) is 0.218. The highest BCUT2D eigenvalue weighted by atomic mass is 16.4. The van der Waals surface area contributed by atoms with Crippen molar-refractivity contribution in [2.45, 2.75) is 44.9 Å². The molecule has 2 atom stereocenters. The molecule has 1 fully saturated rings. The van der Waals surface area contributed by atoms with Crippen LogP contribution in [-0.4, -0.2) is 48.2 Å². The van der Waals surface area contributed by atoms with Crippen LogP contribution < -0.4 is 10.6 Å². The van der Waals surface area contributed by atoms with Gasteiger partial charge in [-0.3, -0.25) is 4.90 Å². The first-order valence-corrected chi connectivity index (χ1v) is 10.1. The molecular weight excluding hydrogens is 352 g/mol. The van der Waals surface area contributed by atoms with E-state index in [0.29, 0.717) is 11.8 Å². The van der Waals surface area contributed by atoms with Gasteiger partial charge in [-0.15, -0.1) is 0 Å². The van der Waals surface area contributed by atoms with Crippen LogP contribution in [0.2, 0.25) is 0 Å². The monoisotopic (exact) mass is 384 g/mol. The van der Waals surface area contributed by atoms with Crippen molar-refractivity contribution in [3.63, 3.8) is 0 Å². The quantitative estimate of drug-likeness (QED) is 0.506. The number of likely N-dealkylation sites (tertiary alicyclic amines) is 1. The zero-order valence-electron chi connectivity index (χ0n) is 16.9. The minimum Gasteiger partial charge on any atom is -0.466 e. The fourth-order valence-electron chi connectivity index (χ4n) is 3.57. The third-order valence-electron chi connectivity index (χ3n) is 5.04. The van der Waals surface area contributed by atoms with Crippen LogP contribution in [0.25, 0.3) is 0 Å². The maximum Gasteiger partial charge on any atom is 0.191 e. The van der Waals surface area contributed by atoms with Gasteiger partial charge < -0.3 is 20.2 Å². The summed E-state index contributed by atoms with van der Waals surface area (Å²) in [7, 11) is 0. The molecule has 0 radical (unpaired) electrons. The molecule has 0 bridgehead atoms. The van der Waals surface area contributed by atoms with E-state index >= 15 is 0 Å². The van der Waals surface area contributed by atoms with Crippen LogP contribution in [0, 0.1) is 0 Å². The number of aliphatic hydroxyl groups is 1. The lowest BCUT2D eigenvalue weighted by molar-refractivity contribution is 0.0436. The number of aliphatic imine (C=N–C) groups is 1. The highest BCUT2D eigenvalue weighted by molar-refractivity contribution is 5.80. The van der Waals surface area contributed by atoms with E-state index in [0.717, 1.165) is 45.0 Å². The normalized spacial score (nSPS) is 20.5. The number of furan rings is 1. The average Bonchev–Trinajstić information content (AvgIpc) is 3.23. The molecule has 152 valence electrons. The van der Waals surface area contributed by atoms with Crippen molar-refractivity contribution in [1.82, 2.24) is 15.5 Å². The molecule has 0 aliphatic carbocycles. The molecular formula is C22H32N4O2. The molecule has 2 unspecified atom stereocenters. The molecule has 28 heavy (non-hydrogen) atoms. The molecule has 1 aliphatic rings. The summed E-state index contributed by atoms with van der Waals surface area (Å²) >= 11 is 0. The van der Waals surface area contributed by atoms with Crippen LogP contribution in [0.15, 0.2) is 58.1 Å². The van der Waals surface area contributed by atoms with Gasteiger partial charge in [-0.1, -0.05) is 30.3 Å². The maximum atomic E-state index is 10.6. The van der Waals surface area contributed by atoms with Crippen LogP contribution in [0.5, 0.6) is 0 Å². The number of benzene rings is 1. The summed E-state index contributed by atoms with van der Waals surface area (Å²) in [5.74, 6) is 1.26. The number of nitrogens with one attached hydrogen (secondary N) is 2. The van der Waals surface area contributed by atoms with Gasteiger partial charge in [0.05, 0.1) is 12.8 Å². The molecule has 3 N–H and O–H groups in total. The fourth-order valence-corrected chi connectivity index (χ4v) is 3.57. The van der Waals surface area contributed by atoms with E-state index in [1.165, 1.54) is 5.56 Å². The molecule has 1 aliphatic heterocycles. The van der Waals surface area contributed by atoms with Crippen molar-refractivity contribution < 1.29 is 9.52 Å². The summed E-state index contributed by atoms with van der Waals surface area (Å²) in [6, 6.07) is 14.5. The number of rotatable bonds is 7. The number of hydrogen-bond acceptors (Lipinski definition) is 4. The van der Waals surface area contributed by atoms with Gasteiger partial charge in [0.2, 0.25) is 0 Å². The number of nitrogens with zero attached hydrogens (tertiary/aromatic N) is 2. The van der Waals surface area contributed by atoms with E-state index in [4.69, 9.17) is 4.42 Å². The molecule has 6 nitrogen and oxygen atoms in total. The summed E-state index contributed by atoms with van der Waals surface area (Å²) in [6.07, 6.45) is 3.85.